The topological polar surface area (TPSA) is 56.9 Å². The van der Waals surface area contributed by atoms with E-state index < -0.39 is 0 Å². The van der Waals surface area contributed by atoms with E-state index in [1.807, 2.05) is 12.1 Å². The number of nitrogens with one attached hydrogen (secondary N) is 1. The molecular weight excluding hydrogens is 366 g/mol. The van der Waals surface area contributed by atoms with Crippen LogP contribution < -0.4 is 16.1 Å². The molecule has 2 aliphatic rings. The second-order valence-electron chi connectivity index (χ2n) is 7.24. The largest absolute Gasteiger partial charge is 0.375 e. The zero-order valence-corrected chi connectivity index (χ0v) is 16.7. The molecule has 26 heavy (non-hydrogen) atoms. The van der Waals surface area contributed by atoms with E-state index >= 15 is 0 Å². The number of anilines is 1. The van der Waals surface area contributed by atoms with Crippen LogP contribution in [0.2, 0.25) is 5.02 Å². The molecule has 1 saturated carbocycles. The SMILES string of the molecule is NC(=S)N/N=C/c1ccc(N2CCN(CC3CCCCC3)CC2)c(Cl)c1. The molecule has 3 rings (SSSR count). The van der Waals surface area contributed by atoms with Crippen molar-refractivity contribution in [1.29, 1.82) is 0 Å². The number of rotatable bonds is 5. The van der Waals surface area contributed by atoms with Crippen molar-refractivity contribution in [3.8, 4) is 0 Å². The molecule has 2 fully saturated rings. The van der Waals surface area contributed by atoms with Crippen molar-refractivity contribution in [3.05, 3.63) is 28.8 Å². The molecule has 0 unspecified atom stereocenters. The summed E-state index contributed by atoms with van der Waals surface area (Å²) in [6, 6.07) is 6.01. The van der Waals surface area contributed by atoms with Gasteiger partial charge in [-0.25, -0.2) is 0 Å². The number of nitrogens with zero attached hydrogens (tertiary/aromatic N) is 3. The van der Waals surface area contributed by atoms with Gasteiger partial charge in [-0.15, -0.1) is 0 Å². The molecule has 0 bridgehead atoms. The number of nitrogens with two attached hydrogens (primary N) is 1. The molecule has 3 N–H and O–H groups in total. The Morgan fingerprint density at radius 2 is 1.96 bits per heavy atom. The number of halogens is 1. The van der Waals surface area contributed by atoms with Crippen LogP contribution in [0.15, 0.2) is 23.3 Å². The molecule has 0 aromatic heterocycles. The fourth-order valence-electron chi connectivity index (χ4n) is 3.94. The van der Waals surface area contributed by atoms with Crippen molar-refractivity contribution in [2.75, 3.05) is 37.6 Å². The molecule has 1 aliphatic heterocycles. The smallest absolute Gasteiger partial charge is 0.184 e. The van der Waals surface area contributed by atoms with Crippen LogP contribution in [0, 0.1) is 5.92 Å². The van der Waals surface area contributed by atoms with Crippen molar-refractivity contribution in [2.45, 2.75) is 32.1 Å². The summed E-state index contributed by atoms with van der Waals surface area (Å²) in [5.74, 6) is 0.910. The standard InChI is InChI=1S/C19H28ClN5S/c20-17-12-16(13-22-23-19(21)26)6-7-18(17)25-10-8-24(9-11-25)14-15-4-2-1-3-5-15/h6-7,12-13,15H,1-5,8-11,14H2,(H3,21,23,26)/b22-13+. The minimum Gasteiger partial charge on any atom is -0.375 e. The van der Waals surface area contributed by atoms with Crippen molar-refractivity contribution in [1.82, 2.24) is 10.3 Å². The van der Waals surface area contributed by atoms with Gasteiger partial charge in [0.05, 0.1) is 16.9 Å². The summed E-state index contributed by atoms with van der Waals surface area (Å²) in [6.45, 7) is 5.57. The third kappa shape index (κ3) is 5.56. The van der Waals surface area contributed by atoms with Gasteiger partial charge in [0.15, 0.2) is 5.11 Å². The Balaban J connectivity index is 1.52. The Hall–Kier alpha value is -1.37. The lowest BCUT2D eigenvalue weighted by atomic mass is 9.89. The molecule has 5 nitrogen and oxygen atoms in total. The maximum atomic E-state index is 6.51. The van der Waals surface area contributed by atoms with Gasteiger partial charge >= 0.3 is 0 Å². The van der Waals surface area contributed by atoms with Gasteiger partial charge in [-0.05, 0) is 48.7 Å². The Morgan fingerprint density at radius 1 is 1.23 bits per heavy atom. The molecular formula is C19H28ClN5S. The first kappa shape index (κ1) is 19.4. The number of hydrogen-bond donors (Lipinski definition) is 2. The summed E-state index contributed by atoms with van der Waals surface area (Å²) in [5.41, 5.74) is 9.91. The predicted octanol–water partition coefficient (Wildman–Crippen LogP) is 3.21. The molecule has 7 heteroatoms. The van der Waals surface area contributed by atoms with E-state index in [-0.39, 0.29) is 5.11 Å². The monoisotopic (exact) mass is 393 g/mol. The van der Waals surface area contributed by atoms with E-state index in [0.717, 1.165) is 48.4 Å². The van der Waals surface area contributed by atoms with E-state index in [1.54, 1.807) is 6.21 Å². The fourth-order valence-corrected chi connectivity index (χ4v) is 4.30. The highest BCUT2D eigenvalue weighted by Gasteiger charge is 2.22. The van der Waals surface area contributed by atoms with E-state index in [9.17, 15) is 0 Å². The number of thiocarbonyl (C=S) groups is 1. The van der Waals surface area contributed by atoms with E-state index in [2.05, 4.69) is 26.4 Å². The second kappa shape index (κ2) is 9.53. The van der Waals surface area contributed by atoms with Crippen LogP contribution >= 0.6 is 23.8 Å². The van der Waals surface area contributed by atoms with Crippen molar-refractivity contribution >= 4 is 40.8 Å². The van der Waals surface area contributed by atoms with Gasteiger partial charge < -0.3 is 10.6 Å². The Labute approximate surface area is 166 Å². The number of hydrazone groups is 1. The van der Waals surface area contributed by atoms with Crippen LogP contribution in [-0.2, 0) is 0 Å². The van der Waals surface area contributed by atoms with Crippen LogP contribution in [0.5, 0.6) is 0 Å². The third-order valence-electron chi connectivity index (χ3n) is 5.31. The molecule has 1 aromatic carbocycles. The van der Waals surface area contributed by atoms with E-state index in [0.29, 0.717) is 0 Å². The molecule has 0 spiro atoms. The number of benzene rings is 1. The number of piperazine rings is 1. The predicted molar refractivity (Wildman–Crippen MR) is 114 cm³/mol. The zero-order valence-electron chi connectivity index (χ0n) is 15.2. The molecule has 1 aliphatic carbocycles. The maximum Gasteiger partial charge on any atom is 0.184 e. The lowest BCUT2D eigenvalue weighted by Gasteiger charge is -2.38. The van der Waals surface area contributed by atoms with Gasteiger partial charge in [-0.1, -0.05) is 36.9 Å². The summed E-state index contributed by atoms with van der Waals surface area (Å²) in [7, 11) is 0. The highest BCUT2D eigenvalue weighted by atomic mass is 35.5. The van der Waals surface area contributed by atoms with Crippen LogP contribution in [0.4, 0.5) is 5.69 Å². The third-order valence-corrected chi connectivity index (χ3v) is 5.71. The van der Waals surface area contributed by atoms with Crippen LogP contribution in [0.25, 0.3) is 0 Å². The van der Waals surface area contributed by atoms with Crippen molar-refractivity contribution in [2.24, 2.45) is 16.8 Å². The molecule has 142 valence electrons. The number of hydrogen-bond acceptors (Lipinski definition) is 4. The summed E-state index contributed by atoms with van der Waals surface area (Å²) < 4.78 is 0. The lowest BCUT2D eigenvalue weighted by molar-refractivity contribution is 0.192. The van der Waals surface area contributed by atoms with Gasteiger partial charge in [-0.3, -0.25) is 10.3 Å². The minimum atomic E-state index is 0.148. The minimum absolute atomic E-state index is 0.148. The van der Waals surface area contributed by atoms with Crippen LogP contribution in [0.3, 0.4) is 0 Å². The molecule has 1 aromatic rings. The maximum absolute atomic E-state index is 6.51. The Kier molecular flexibility index (Phi) is 7.11. The lowest BCUT2D eigenvalue weighted by Crippen LogP contribution is -2.48. The molecule has 0 amide bonds. The summed E-state index contributed by atoms with van der Waals surface area (Å²) >= 11 is 11.2. The summed E-state index contributed by atoms with van der Waals surface area (Å²) in [5, 5.41) is 4.87. The van der Waals surface area contributed by atoms with E-state index in [1.165, 1.54) is 38.6 Å². The molecule has 0 atom stereocenters. The van der Waals surface area contributed by atoms with Crippen molar-refractivity contribution < 1.29 is 0 Å². The quantitative estimate of drug-likeness (QED) is 0.457. The van der Waals surface area contributed by atoms with Crippen LogP contribution in [0.1, 0.15) is 37.7 Å². The van der Waals surface area contributed by atoms with Gasteiger partial charge in [0, 0.05) is 32.7 Å². The highest BCUT2D eigenvalue weighted by Crippen LogP contribution is 2.29. The molecule has 0 radical (unpaired) electrons. The fraction of sp³-hybridized carbons (Fsp3) is 0.579. The van der Waals surface area contributed by atoms with Gasteiger partial charge in [0.2, 0.25) is 0 Å². The first-order valence-corrected chi connectivity index (χ1v) is 10.3. The summed E-state index contributed by atoms with van der Waals surface area (Å²) in [4.78, 5) is 5.01. The average Bonchev–Trinajstić information content (AvgIpc) is 2.63. The van der Waals surface area contributed by atoms with Crippen molar-refractivity contribution in [3.63, 3.8) is 0 Å². The van der Waals surface area contributed by atoms with Crippen LogP contribution in [-0.4, -0.2) is 49.0 Å². The molecule has 1 saturated heterocycles. The van der Waals surface area contributed by atoms with Gasteiger partial charge in [-0.2, -0.15) is 5.10 Å². The first-order valence-electron chi connectivity index (χ1n) is 9.47. The Bertz CT molecular complexity index is 637. The van der Waals surface area contributed by atoms with Gasteiger partial charge in [0.25, 0.3) is 0 Å². The Morgan fingerprint density at radius 3 is 2.62 bits per heavy atom. The molecule has 1 heterocycles. The first-order chi connectivity index (χ1) is 12.6. The zero-order chi connectivity index (χ0) is 18.4. The summed E-state index contributed by atoms with van der Waals surface area (Å²) in [6.07, 6.45) is 8.76. The average molecular weight is 394 g/mol. The van der Waals surface area contributed by atoms with E-state index in [4.69, 9.17) is 29.6 Å². The highest BCUT2D eigenvalue weighted by molar-refractivity contribution is 7.80. The second-order valence-corrected chi connectivity index (χ2v) is 8.08. The van der Waals surface area contributed by atoms with Gasteiger partial charge in [0.1, 0.15) is 0 Å². The normalized spacial score (nSPS) is 19.8.